The standard InChI is InChI=1S/C60H42N2/c1-3-13-41(14-4-1)42-27-32-51(33-28-42)61(52-34-29-43(30-35-52)47-31-36-55-49(37-47)26-25-44-15-9-10-22-54(44)55)53-21-11-18-48(38-53)56-23-12-24-58-60(56)57-39-45-16-7-8-17-46(45)40-59(57)62(58)50-19-5-2-6-20-50/h1-29,31-40,43H,30H2. The van der Waals surface area contributed by atoms with Crippen molar-refractivity contribution < 1.29 is 0 Å². The summed E-state index contributed by atoms with van der Waals surface area (Å²) in [4.78, 5) is 2.43. The van der Waals surface area contributed by atoms with E-state index in [1.807, 2.05) is 0 Å². The second-order valence-electron chi connectivity index (χ2n) is 16.5. The molecule has 1 unspecified atom stereocenters. The number of hydrogen-bond acceptors (Lipinski definition) is 1. The van der Waals surface area contributed by atoms with Crippen molar-refractivity contribution in [3.8, 4) is 27.9 Å². The number of rotatable bonds is 7. The molecule has 0 amide bonds. The summed E-state index contributed by atoms with van der Waals surface area (Å²) in [6, 6.07) is 80.0. The van der Waals surface area contributed by atoms with Gasteiger partial charge in [-0.25, -0.2) is 0 Å². The van der Waals surface area contributed by atoms with Crippen LogP contribution in [0, 0.1) is 0 Å². The van der Waals surface area contributed by atoms with Crippen molar-refractivity contribution in [3.05, 3.63) is 248 Å². The average Bonchev–Trinajstić information content (AvgIpc) is 3.67. The highest BCUT2D eigenvalue weighted by Gasteiger charge is 2.21. The Kier molecular flexibility index (Phi) is 8.67. The van der Waals surface area contributed by atoms with Gasteiger partial charge in [0.25, 0.3) is 0 Å². The molecule has 1 atom stereocenters. The average molecular weight is 791 g/mol. The van der Waals surface area contributed by atoms with Gasteiger partial charge in [-0.05, 0) is 127 Å². The monoisotopic (exact) mass is 790 g/mol. The van der Waals surface area contributed by atoms with Crippen molar-refractivity contribution in [2.45, 2.75) is 12.3 Å². The van der Waals surface area contributed by atoms with Crippen LogP contribution in [0.25, 0.3) is 82.1 Å². The van der Waals surface area contributed by atoms with Gasteiger partial charge in [0.1, 0.15) is 0 Å². The fourth-order valence-corrected chi connectivity index (χ4v) is 9.83. The largest absolute Gasteiger partial charge is 0.311 e. The Hall–Kier alpha value is -7.94. The molecule has 0 bridgehead atoms. The van der Waals surface area contributed by atoms with E-state index >= 15 is 0 Å². The third-order valence-electron chi connectivity index (χ3n) is 12.9. The smallest absolute Gasteiger partial charge is 0.0547 e. The maximum atomic E-state index is 2.43. The Morgan fingerprint density at radius 1 is 0.419 bits per heavy atom. The number of para-hydroxylation sites is 1. The number of allylic oxidation sites excluding steroid dienone is 3. The summed E-state index contributed by atoms with van der Waals surface area (Å²) < 4.78 is 2.43. The topological polar surface area (TPSA) is 8.17 Å². The molecule has 62 heavy (non-hydrogen) atoms. The van der Waals surface area contributed by atoms with Crippen LogP contribution < -0.4 is 4.90 Å². The number of fused-ring (bicyclic) bond motifs is 7. The van der Waals surface area contributed by atoms with Gasteiger partial charge in [0, 0.05) is 39.4 Å². The van der Waals surface area contributed by atoms with E-state index in [9.17, 15) is 0 Å². The zero-order valence-corrected chi connectivity index (χ0v) is 34.2. The highest BCUT2D eigenvalue weighted by molar-refractivity contribution is 6.18. The normalized spacial score (nSPS) is 13.9. The van der Waals surface area contributed by atoms with E-state index in [1.165, 1.54) is 87.6 Å². The second-order valence-corrected chi connectivity index (χ2v) is 16.5. The summed E-state index contributed by atoms with van der Waals surface area (Å²) in [6.07, 6.45) is 8.06. The summed E-state index contributed by atoms with van der Waals surface area (Å²) in [5.74, 6) is 0.291. The lowest BCUT2D eigenvalue weighted by Crippen LogP contribution is -2.17. The van der Waals surface area contributed by atoms with Gasteiger partial charge in [-0.15, -0.1) is 0 Å². The van der Waals surface area contributed by atoms with Crippen LogP contribution in [0.2, 0.25) is 0 Å². The van der Waals surface area contributed by atoms with E-state index < -0.39 is 0 Å². The van der Waals surface area contributed by atoms with E-state index in [0.29, 0.717) is 5.92 Å². The van der Waals surface area contributed by atoms with E-state index in [0.717, 1.165) is 23.5 Å². The van der Waals surface area contributed by atoms with Crippen LogP contribution in [0.1, 0.15) is 17.9 Å². The molecule has 1 aromatic heterocycles. The lowest BCUT2D eigenvalue weighted by molar-refractivity contribution is 0.841. The van der Waals surface area contributed by atoms with Crippen molar-refractivity contribution in [1.29, 1.82) is 0 Å². The van der Waals surface area contributed by atoms with Crippen molar-refractivity contribution in [1.82, 2.24) is 4.57 Å². The van der Waals surface area contributed by atoms with E-state index in [2.05, 4.69) is 246 Å². The highest BCUT2D eigenvalue weighted by Crippen LogP contribution is 2.43. The van der Waals surface area contributed by atoms with E-state index in [4.69, 9.17) is 0 Å². The van der Waals surface area contributed by atoms with Gasteiger partial charge in [-0.3, -0.25) is 0 Å². The lowest BCUT2D eigenvalue weighted by atomic mass is 9.89. The molecule has 1 aliphatic rings. The molecule has 0 saturated heterocycles. The number of hydrogen-bond donors (Lipinski definition) is 0. The molecule has 0 fully saturated rings. The molecular formula is C60H42N2. The van der Waals surface area contributed by atoms with Crippen LogP contribution in [0.15, 0.2) is 242 Å². The molecule has 12 rings (SSSR count). The van der Waals surface area contributed by atoms with Gasteiger partial charge < -0.3 is 9.47 Å². The van der Waals surface area contributed by atoms with Crippen molar-refractivity contribution in [2.75, 3.05) is 4.90 Å². The third-order valence-corrected chi connectivity index (χ3v) is 12.9. The van der Waals surface area contributed by atoms with Crippen molar-refractivity contribution in [2.24, 2.45) is 0 Å². The summed E-state index contributed by atoms with van der Waals surface area (Å²) >= 11 is 0. The maximum Gasteiger partial charge on any atom is 0.0547 e. The minimum absolute atomic E-state index is 0.291. The van der Waals surface area contributed by atoms with E-state index in [-0.39, 0.29) is 0 Å². The molecular weight excluding hydrogens is 749 g/mol. The zero-order chi connectivity index (χ0) is 41.0. The first kappa shape index (κ1) is 36.0. The quantitative estimate of drug-likeness (QED) is 0.146. The molecule has 0 saturated carbocycles. The van der Waals surface area contributed by atoms with Crippen LogP contribution in [-0.2, 0) is 0 Å². The van der Waals surface area contributed by atoms with Gasteiger partial charge in [-0.1, -0.05) is 176 Å². The fourth-order valence-electron chi connectivity index (χ4n) is 9.83. The number of aromatic nitrogens is 1. The van der Waals surface area contributed by atoms with Crippen molar-refractivity contribution >= 4 is 65.5 Å². The molecule has 2 heteroatoms. The molecule has 0 N–H and O–H groups in total. The molecule has 1 aliphatic carbocycles. The first-order chi connectivity index (χ1) is 30.7. The Balaban J connectivity index is 0.971. The number of nitrogens with zero attached hydrogens (tertiary/aromatic N) is 2. The highest BCUT2D eigenvalue weighted by atomic mass is 15.1. The maximum absolute atomic E-state index is 2.43. The second kappa shape index (κ2) is 15.0. The molecule has 0 radical (unpaired) electrons. The molecule has 10 aromatic carbocycles. The van der Waals surface area contributed by atoms with Crippen LogP contribution in [0.3, 0.4) is 0 Å². The summed E-state index contributed by atoms with van der Waals surface area (Å²) in [5.41, 5.74) is 13.1. The SMILES string of the molecule is C1=CC(c2ccc3c(ccc4ccccc43)c2)CC=C1N(c1ccc(-c2ccccc2)cc1)c1cccc(-c2cccc3c2c2cc4ccccc4cc2n3-c2ccccc2)c1. The predicted molar refractivity (Wildman–Crippen MR) is 264 cm³/mol. The van der Waals surface area contributed by atoms with Crippen LogP contribution in [0.4, 0.5) is 11.4 Å². The lowest BCUT2D eigenvalue weighted by Gasteiger charge is -2.29. The fraction of sp³-hybridized carbons (Fsp3) is 0.0333. The van der Waals surface area contributed by atoms with Gasteiger partial charge in [-0.2, -0.15) is 0 Å². The Bertz CT molecular complexity index is 3540. The first-order valence-corrected chi connectivity index (χ1v) is 21.6. The predicted octanol–water partition coefficient (Wildman–Crippen LogP) is 16.3. The molecule has 292 valence electrons. The van der Waals surface area contributed by atoms with Gasteiger partial charge >= 0.3 is 0 Å². The zero-order valence-electron chi connectivity index (χ0n) is 34.2. The van der Waals surface area contributed by atoms with Gasteiger partial charge in [0.2, 0.25) is 0 Å². The molecule has 0 spiro atoms. The minimum Gasteiger partial charge on any atom is -0.311 e. The molecule has 1 heterocycles. The van der Waals surface area contributed by atoms with Crippen LogP contribution >= 0.6 is 0 Å². The molecule has 11 aromatic rings. The Morgan fingerprint density at radius 3 is 1.90 bits per heavy atom. The summed E-state index contributed by atoms with van der Waals surface area (Å²) in [5, 5.41) is 10.2. The number of benzene rings is 10. The first-order valence-electron chi connectivity index (χ1n) is 21.6. The van der Waals surface area contributed by atoms with E-state index in [1.54, 1.807) is 0 Å². The molecule has 2 nitrogen and oxygen atoms in total. The van der Waals surface area contributed by atoms with Crippen molar-refractivity contribution in [3.63, 3.8) is 0 Å². The number of anilines is 2. The van der Waals surface area contributed by atoms with Gasteiger partial charge in [0.05, 0.1) is 11.0 Å². The Morgan fingerprint density at radius 2 is 1.10 bits per heavy atom. The Labute approximate surface area is 361 Å². The van der Waals surface area contributed by atoms with Crippen LogP contribution in [-0.4, -0.2) is 4.57 Å². The molecule has 0 aliphatic heterocycles. The minimum atomic E-state index is 0.291. The summed E-state index contributed by atoms with van der Waals surface area (Å²) in [6.45, 7) is 0. The van der Waals surface area contributed by atoms with Crippen LogP contribution in [0.5, 0.6) is 0 Å². The summed E-state index contributed by atoms with van der Waals surface area (Å²) in [7, 11) is 0. The van der Waals surface area contributed by atoms with Gasteiger partial charge in [0.15, 0.2) is 0 Å². The third kappa shape index (κ3) is 6.19.